The quantitative estimate of drug-likeness (QED) is 0.561. The summed E-state index contributed by atoms with van der Waals surface area (Å²) in [6.45, 7) is 1.50. The van der Waals surface area contributed by atoms with Gasteiger partial charge in [-0.05, 0) is 49.6 Å². The highest BCUT2D eigenvalue weighted by molar-refractivity contribution is 7.89. The van der Waals surface area contributed by atoms with Crippen molar-refractivity contribution in [2.45, 2.75) is 62.6 Å². The summed E-state index contributed by atoms with van der Waals surface area (Å²) in [5.74, 6) is -0.672. The van der Waals surface area contributed by atoms with Crippen LogP contribution in [0.2, 0.25) is 5.02 Å². The number of nitrogens with one attached hydrogen (secondary N) is 1. The van der Waals surface area contributed by atoms with Crippen molar-refractivity contribution in [1.82, 2.24) is 14.5 Å². The molecule has 1 aliphatic carbocycles. The van der Waals surface area contributed by atoms with E-state index in [-0.39, 0.29) is 23.4 Å². The van der Waals surface area contributed by atoms with Crippen molar-refractivity contribution in [1.29, 1.82) is 0 Å². The third-order valence-corrected chi connectivity index (χ3v) is 8.26. The average Bonchev–Trinajstić information content (AvgIpc) is 2.83. The van der Waals surface area contributed by atoms with Crippen molar-refractivity contribution in [3.05, 3.63) is 65.2 Å². The van der Waals surface area contributed by atoms with Gasteiger partial charge in [0.25, 0.3) is 0 Å². The maximum atomic E-state index is 13.3. The van der Waals surface area contributed by atoms with Gasteiger partial charge in [-0.1, -0.05) is 61.2 Å². The van der Waals surface area contributed by atoms with Crippen LogP contribution >= 0.6 is 11.6 Å². The van der Waals surface area contributed by atoms with Gasteiger partial charge in [0.15, 0.2) is 0 Å². The Labute approximate surface area is 207 Å². The summed E-state index contributed by atoms with van der Waals surface area (Å²) in [5.41, 5.74) is 0.858. The molecule has 1 aliphatic rings. The van der Waals surface area contributed by atoms with E-state index in [2.05, 4.69) is 5.32 Å². The number of rotatable bonds is 9. The van der Waals surface area contributed by atoms with Crippen LogP contribution in [-0.2, 0) is 26.2 Å². The van der Waals surface area contributed by atoms with E-state index >= 15 is 0 Å². The molecule has 9 heteroatoms. The average molecular weight is 506 g/mol. The molecular formula is C25H32ClN3O4S. The van der Waals surface area contributed by atoms with Crippen LogP contribution in [0.1, 0.15) is 44.6 Å². The van der Waals surface area contributed by atoms with E-state index < -0.39 is 28.5 Å². The Morgan fingerprint density at radius 2 is 1.65 bits per heavy atom. The van der Waals surface area contributed by atoms with Gasteiger partial charge in [-0.15, -0.1) is 0 Å². The lowest BCUT2D eigenvalue weighted by Gasteiger charge is -2.32. The second-order valence-corrected chi connectivity index (χ2v) is 11.2. The van der Waals surface area contributed by atoms with E-state index in [9.17, 15) is 18.0 Å². The first kappa shape index (κ1) is 26.2. The molecule has 1 atom stereocenters. The Bertz CT molecular complexity index is 1070. The van der Waals surface area contributed by atoms with Crippen molar-refractivity contribution in [2.75, 3.05) is 13.6 Å². The van der Waals surface area contributed by atoms with Crippen molar-refractivity contribution in [3.63, 3.8) is 0 Å². The molecular weight excluding hydrogens is 474 g/mol. The van der Waals surface area contributed by atoms with Gasteiger partial charge in [-0.2, -0.15) is 4.31 Å². The lowest BCUT2D eigenvalue weighted by Crippen LogP contribution is -2.52. The molecule has 2 aromatic carbocycles. The van der Waals surface area contributed by atoms with Gasteiger partial charge < -0.3 is 10.2 Å². The minimum Gasteiger partial charge on any atom is -0.352 e. The minimum absolute atomic E-state index is 0.0462. The second-order valence-electron chi connectivity index (χ2n) is 8.74. The van der Waals surface area contributed by atoms with Gasteiger partial charge in [0.1, 0.15) is 6.04 Å². The molecule has 0 saturated heterocycles. The number of amides is 2. The number of carbonyl (C=O) groups is 2. The van der Waals surface area contributed by atoms with E-state index in [1.54, 1.807) is 6.92 Å². The normalized spacial score (nSPS) is 15.6. The molecule has 0 spiro atoms. The predicted molar refractivity (Wildman–Crippen MR) is 133 cm³/mol. The van der Waals surface area contributed by atoms with Crippen LogP contribution in [0.15, 0.2) is 59.5 Å². The highest BCUT2D eigenvalue weighted by Crippen LogP contribution is 2.20. The summed E-state index contributed by atoms with van der Waals surface area (Å²) >= 11 is 5.87. The molecule has 34 heavy (non-hydrogen) atoms. The zero-order valence-electron chi connectivity index (χ0n) is 19.6. The van der Waals surface area contributed by atoms with Crippen molar-refractivity contribution in [3.8, 4) is 0 Å². The molecule has 1 N–H and O–H groups in total. The van der Waals surface area contributed by atoms with Crippen LogP contribution in [0.3, 0.4) is 0 Å². The number of halogens is 1. The van der Waals surface area contributed by atoms with Crippen molar-refractivity contribution >= 4 is 33.4 Å². The smallest absolute Gasteiger partial charge is 0.243 e. The number of nitrogens with zero attached hydrogens (tertiary/aromatic N) is 2. The molecule has 1 fully saturated rings. The van der Waals surface area contributed by atoms with Gasteiger partial charge >= 0.3 is 0 Å². The number of benzene rings is 2. The first-order valence-electron chi connectivity index (χ1n) is 11.5. The molecule has 1 unspecified atom stereocenters. The van der Waals surface area contributed by atoms with Crippen LogP contribution in [0.5, 0.6) is 0 Å². The molecule has 2 amide bonds. The lowest BCUT2D eigenvalue weighted by atomic mass is 9.95. The Morgan fingerprint density at radius 1 is 1.03 bits per heavy atom. The zero-order valence-corrected chi connectivity index (χ0v) is 21.2. The molecule has 0 heterocycles. The monoisotopic (exact) mass is 505 g/mol. The fraction of sp³-hybridized carbons (Fsp3) is 0.440. The van der Waals surface area contributed by atoms with Gasteiger partial charge in [0.2, 0.25) is 21.8 Å². The third kappa shape index (κ3) is 6.81. The Morgan fingerprint density at radius 3 is 2.26 bits per heavy atom. The van der Waals surface area contributed by atoms with Crippen LogP contribution < -0.4 is 5.32 Å². The van der Waals surface area contributed by atoms with Gasteiger partial charge in [-0.25, -0.2) is 8.42 Å². The van der Waals surface area contributed by atoms with E-state index in [0.717, 1.165) is 35.6 Å². The zero-order chi connectivity index (χ0) is 24.7. The SMILES string of the molecule is CC(C(=O)NC1CCCCC1)N(Cc1ccccc1)C(=O)CN(C)S(=O)(=O)c1ccc(Cl)cc1. The lowest BCUT2D eigenvalue weighted by molar-refractivity contribution is -0.141. The molecule has 0 aliphatic heterocycles. The van der Waals surface area contributed by atoms with Gasteiger partial charge in [0, 0.05) is 24.7 Å². The van der Waals surface area contributed by atoms with Crippen LogP contribution in [0, 0.1) is 0 Å². The van der Waals surface area contributed by atoms with E-state index in [1.807, 2.05) is 30.3 Å². The molecule has 7 nitrogen and oxygen atoms in total. The molecule has 0 aromatic heterocycles. The van der Waals surface area contributed by atoms with E-state index in [4.69, 9.17) is 11.6 Å². The number of carbonyl (C=O) groups excluding carboxylic acids is 2. The maximum Gasteiger partial charge on any atom is 0.243 e. The molecule has 0 bridgehead atoms. The fourth-order valence-corrected chi connectivity index (χ4v) is 5.33. The van der Waals surface area contributed by atoms with Crippen molar-refractivity contribution in [2.24, 2.45) is 0 Å². The van der Waals surface area contributed by atoms with Crippen LogP contribution in [0.25, 0.3) is 0 Å². The summed E-state index contributed by atoms with van der Waals surface area (Å²) in [6.07, 6.45) is 5.22. The first-order chi connectivity index (χ1) is 16.2. The Hall–Kier alpha value is -2.42. The van der Waals surface area contributed by atoms with E-state index in [1.165, 1.54) is 42.6 Å². The maximum absolute atomic E-state index is 13.3. The molecule has 1 saturated carbocycles. The first-order valence-corrected chi connectivity index (χ1v) is 13.4. The van der Waals surface area contributed by atoms with Gasteiger partial charge in [-0.3, -0.25) is 9.59 Å². The van der Waals surface area contributed by atoms with Crippen molar-refractivity contribution < 1.29 is 18.0 Å². The standard InChI is InChI=1S/C25H32ClN3O4S/c1-19(25(31)27-22-11-7-4-8-12-22)29(17-20-9-5-3-6-10-20)24(30)18-28(2)34(32,33)23-15-13-21(26)14-16-23/h3,5-6,9-10,13-16,19,22H,4,7-8,11-12,17-18H2,1-2H3,(H,27,31). The highest BCUT2D eigenvalue weighted by atomic mass is 35.5. The van der Waals surface area contributed by atoms with Crippen LogP contribution in [0.4, 0.5) is 0 Å². The van der Waals surface area contributed by atoms with Crippen LogP contribution in [-0.4, -0.2) is 55.1 Å². The predicted octanol–water partition coefficient (Wildman–Crippen LogP) is 3.83. The Kier molecular flexibility index (Phi) is 9.10. The molecule has 184 valence electrons. The molecule has 0 radical (unpaired) electrons. The number of hydrogen-bond acceptors (Lipinski definition) is 4. The number of sulfonamides is 1. The van der Waals surface area contributed by atoms with Gasteiger partial charge in [0.05, 0.1) is 11.4 Å². The number of likely N-dealkylation sites (N-methyl/N-ethyl adjacent to an activating group) is 1. The molecule has 3 rings (SSSR count). The summed E-state index contributed by atoms with van der Waals surface area (Å²) in [5, 5.41) is 3.50. The summed E-state index contributed by atoms with van der Waals surface area (Å²) in [6, 6.07) is 14.5. The Balaban J connectivity index is 1.76. The summed E-state index contributed by atoms with van der Waals surface area (Å²) in [4.78, 5) is 27.9. The second kappa shape index (κ2) is 11.8. The minimum atomic E-state index is -3.90. The summed E-state index contributed by atoms with van der Waals surface area (Å²) in [7, 11) is -2.54. The van der Waals surface area contributed by atoms with E-state index in [0.29, 0.717) is 5.02 Å². The molecule has 2 aromatic rings. The topological polar surface area (TPSA) is 86.8 Å². The highest BCUT2D eigenvalue weighted by Gasteiger charge is 2.31. The fourth-order valence-electron chi connectivity index (χ4n) is 4.08. The summed E-state index contributed by atoms with van der Waals surface area (Å²) < 4.78 is 26.9. The number of hydrogen-bond donors (Lipinski definition) is 1. The third-order valence-electron chi connectivity index (χ3n) is 6.19. The largest absolute Gasteiger partial charge is 0.352 e.